The molecule has 1 atom stereocenters. The molecule has 3 rings (SSSR count). The average Bonchev–Trinajstić information content (AvgIpc) is 3.05. The molecule has 0 fully saturated rings. The summed E-state index contributed by atoms with van der Waals surface area (Å²) < 4.78 is 28.5. The number of aromatic amines is 1. The van der Waals surface area contributed by atoms with E-state index in [2.05, 4.69) is 15.0 Å². The van der Waals surface area contributed by atoms with Crippen LogP contribution in [0.25, 0.3) is 11.0 Å². The third kappa shape index (κ3) is 2.92. The molecule has 0 aliphatic carbocycles. The Bertz CT molecular complexity index is 894. The first-order chi connectivity index (χ1) is 11.7. The molecule has 1 aromatic carbocycles. The highest BCUT2D eigenvalue weighted by atomic mass is 32.2. The van der Waals surface area contributed by atoms with Crippen molar-refractivity contribution in [2.45, 2.75) is 10.9 Å². The second-order valence-electron chi connectivity index (χ2n) is 4.88. The molecular weight excluding hydrogens is 330 g/mol. The van der Waals surface area contributed by atoms with Crippen molar-refractivity contribution in [1.82, 2.24) is 15.0 Å². The maximum Gasteiger partial charge on any atom is 0.197 e. The molecule has 0 saturated carbocycles. The minimum atomic E-state index is -1.42. The lowest BCUT2D eigenvalue weighted by atomic mass is 10.3. The first-order valence-corrected chi connectivity index (χ1v) is 8.46. The topological polar surface area (TPSA) is 86.3 Å². The quantitative estimate of drug-likeness (QED) is 0.736. The van der Waals surface area contributed by atoms with Crippen molar-refractivity contribution in [3.05, 3.63) is 36.2 Å². The number of imidazole rings is 1. The van der Waals surface area contributed by atoms with Gasteiger partial charge in [-0.3, -0.25) is 9.19 Å². The lowest BCUT2D eigenvalue weighted by Gasteiger charge is -2.10. The molecule has 0 aliphatic rings. The molecule has 8 heteroatoms. The summed E-state index contributed by atoms with van der Waals surface area (Å²) in [5.41, 5.74) is 1.96. The summed E-state index contributed by atoms with van der Waals surface area (Å²) in [5, 5.41) is 0.362. The summed E-state index contributed by atoms with van der Waals surface area (Å²) in [5.74, 6) is 1.81. The second-order valence-corrected chi connectivity index (χ2v) is 6.25. The molecule has 3 aromatic rings. The molecule has 24 heavy (non-hydrogen) atoms. The maximum absolute atomic E-state index is 12.7. The fourth-order valence-electron chi connectivity index (χ4n) is 2.40. The molecule has 126 valence electrons. The number of ether oxygens (including phenoxy) is 3. The number of hydrogen-bond acceptors (Lipinski definition) is 6. The van der Waals surface area contributed by atoms with Crippen molar-refractivity contribution >= 4 is 21.8 Å². The van der Waals surface area contributed by atoms with Gasteiger partial charge in [-0.15, -0.1) is 0 Å². The normalized spacial score (nSPS) is 12.1. The smallest absolute Gasteiger partial charge is 0.197 e. The number of rotatable bonds is 6. The number of H-pyrrole nitrogens is 1. The van der Waals surface area contributed by atoms with E-state index in [0.29, 0.717) is 33.6 Å². The number of nitrogens with one attached hydrogen (secondary N) is 1. The van der Waals surface area contributed by atoms with Gasteiger partial charge in [-0.25, -0.2) is 4.98 Å². The second kappa shape index (κ2) is 6.88. The zero-order chi connectivity index (χ0) is 17.1. The number of nitrogens with zero attached hydrogens (tertiary/aromatic N) is 2. The number of hydrogen-bond donors (Lipinski definition) is 1. The fourth-order valence-corrected chi connectivity index (χ4v) is 3.41. The van der Waals surface area contributed by atoms with Crippen molar-refractivity contribution in [3.8, 4) is 17.2 Å². The van der Waals surface area contributed by atoms with Crippen LogP contribution in [-0.4, -0.2) is 40.5 Å². The van der Waals surface area contributed by atoms with Gasteiger partial charge in [0.25, 0.3) is 0 Å². The van der Waals surface area contributed by atoms with Crippen LogP contribution in [0.3, 0.4) is 0 Å². The lowest BCUT2D eigenvalue weighted by molar-refractivity contribution is 0.350. The molecule has 2 heterocycles. The summed E-state index contributed by atoms with van der Waals surface area (Å²) in [6.45, 7) is 0. The Kier molecular flexibility index (Phi) is 4.66. The standard InChI is InChI=1S/C16H17N3O4S/c1-21-12-6-4-5-10-14(12)19-16(18-10)24(20)9-11-15(23-3)13(22-2)7-8-17-11/h4-8H,9H2,1-3H3,(H,18,19). The van der Waals surface area contributed by atoms with Gasteiger partial charge in [0.05, 0.1) is 49.1 Å². The van der Waals surface area contributed by atoms with Gasteiger partial charge in [-0.05, 0) is 12.1 Å². The van der Waals surface area contributed by atoms with Crippen LogP contribution >= 0.6 is 0 Å². The van der Waals surface area contributed by atoms with Gasteiger partial charge in [-0.1, -0.05) is 6.07 Å². The van der Waals surface area contributed by atoms with Crippen molar-refractivity contribution in [3.63, 3.8) is 0 Å². The lowest BCUT2D eigenvalue weighted by Crippen LogP contribution is -2.04. The highest BCUT2D eigenvalue weighted by Crippen LogP contribution is 2.31. The zero-order valence-electron chi connectivity index (χ0n) is 13.5. The summed E-state index contributed by atoms with van der Waals surface area (Å²) in [7, 11) is 3.23. The molecule has 1 N–H and O–H groups in total. The molecule has 0 radical (unpaired) electrons. The van der Waals surface area contributed by atoms with Crippen LogP contribution in [0.2, 0.25) is 0 Å². The third-order valence-electron chi connectivity index (χ3n) is 3.52. The maximum atomic E-state index is 12.7. The number of methoxy groups -OCH3 is 3. The van der Waals surface area contributed by atoms with E-state index in [1.165, 1.54) is 7.11 Å². The van der Waals surface area contributed by atoms with E-state index >= 15 is 0 Å². The van der Waals surface area contributed by atoms with E-state index < -0.39 is 10.8 Å². The Morgan fingerprint density at radius 2 is 1.88 bits per heavy atom. The Morgan fingerprint density at radius 1 is 1.08 bits per heavy atom. The summed E-state index contributed by atoms with van der Waals surface area (Å²) in [6.07, 6.45) is 1.59. The van der Waals surface area contributed by atoms with E-state index in [4.69, 9.17) is 14.2 Å². The predicted octanol–water partition coefficient (Wildman–Crippen LogP) is 2.29. The minimum absolute atomic E-state index is 0.155. The summed E-state index contributed by atoms with van der Waals surface area (Å²) >= 11 is 0. The van der Waals surface area contributed by atoms with Crippen LogP contribution < -0.4 is 14.2 Å². The number of fused-ring (bicyclic) bond motifs is 1. The zero-order valence-corrected chi connectivity index (χ0v) is 14.3. The van der Waals surface area contributed by atoms with Crippen LogP contribution in [0, 0.1) is 0 Å². The van der Waals surface area contributed by atoms with Gasteiger partial charge in [0, 0.05) is 12.3 Å². The molecule has 0 aliphatic heterocycles. The van der Waals surface area contributed by atoms with Crippen molar-refractivity contribution < 1.29 is 18.4 Å². The van der Waals surface area contributed by atoms with Crippen LogP contribution in [-0.2, 0) is 16.6 Å². The molecule has 7 nitrogen and oxygen atoms in total. The van der Waals surface area contributed by atoms with Crippen molar-refractivity contribution in [2.75, 3.05) is 21.3 Å². The molecule has 0 saturated heterocycles. The van der Waals surface area contributed by atoms with E-state index in [1.807, 2.05) is 18.2 Å². The fraction of sp³-hybridized carbons (Fsp3) is 0.250. The predicted molar refractivity (Wildman–Crippen MR) is 90.1 cm³/mol. The van der Waals surface area contributed by atoms with Crippen LogP contribution in [0.1, 0.15) is 5.69 Å². The number of pyridine rings is 1. The molecule has 0 spiro atoms. The number of benzene rings is 1. The molecule has 1 unspecified atom stereocenters. The first kappa shape index (κ1) is 16.3. The number of para-hydroxylation sites is 1. The molecular formula is C16H17N3O4S. The third-order valence-corrected chi connectivity index (χ3v) is 4.68. The number of aromatic nitrogens is 3. The van der Waals surface area contributed by atoms with Gasteiger partial charge in [0.2, 0.25) is 0 Å². The Morgan fingerprint density at radius 3 is 2.58 bits per heavy atom. The summed E-state index contributed by atoms with van der Waals surface area (Å²) in [4.78, 5) is 11.7. The largest absolute Gasteiger partial charge is 0.494 e. The SMILES string of the molecule is COc1ccnc(CS(=O)c2nc3c(OC)cccc3[nH]2)c1OC. The molecule has 0 bridgehead atoms. The van der Waals surface area contributed by atoms with E-state index in [1.54, 1.807) is 26.5 Å². The van der Waals surface area contributed by atoms with Crippen LogP contribution in [0.4, 0.5) is 0 Å². The summed E-state index contributed by atoms with van der Waals surface area (Å²) in [6, 6.07) is 7.20. The van der Waals surface area contributed by atoms with Gasteiger partial charge in [0.15, 0.2) is 16.7 Å². The minimum Gasteiger partial charge on any atom is -0.494 e. The monoisotopic (exact) mass is 347 g/mol. The van der Waals surface area contributed by atoms with Gasteiger partial charge < -0.3 is 19.2 Å². The van der Waals surface area contributed by atoms with Crippen LogP contribution in [0.5, 0.6) is 17.2 Å². The Labute approximate surface area is 141 Å². The van der Waals surface area contributed by atoms with Crippen LogP contribution in [0.15, 0.2) is 35.6 Å². The Balaban J connectivity index is 1.93. The van der Waals surface area contributed by atoms with E-state index in [0.717, 1.165) is 5.52 Å². The molecule has 2 aromatic heterocycles. The highest BCUT2D eigenvalue weighted by molar-refractivity contribution is 7.84. The molecule has 0 amide bonds. The van der Waals surface area contributed by atoms with Gasteiger partial charge >= 0.3 is 0 Å². The van der Waals surface area contributed by atoms with E-state index in [-0.39, 0.29) is 5.75 Å². The van der Waals surface area contributed by atoms with Gasteiger partial charge in [-0.2, -0.15) is 0 Å². The van der Waals surface area contributed by atoms with E-state index in [9.17, 15) is 4.21 Å². The Hall–Kier alpha value is -2.61. The van der Waals surface area contributed by atoms with Gasteiger partial charge in [0.1, 0.15) is 11.3 Å². The van der Waals surface area contributed by atoms with Crippen molar-refractivity contribution in [1.29, 1.82) is 0 Å². The highest BCUT2D eigenvalue weighted by Gasteiger charge is 2.18. The van der Waals surface area contributed by atoms with Crippen molar-refractivity contribution in [2.24, 2.45) is 0 Å². The first-order valence-electron chi connectivity index (χ1n) is 7.15. The average molecular weight is 347 g/mol.